The van der Waals surface area contributed by atoms with E-state index in [2.05, 4.69) is 0 Å². The Balaban J connectivity index is 1.79. The zero-order valence-electron chi connectivity index (χ0n) is 35.3. The molecule has 0 aliphatic rings. The van der Waals surface area contributed by atoms with Crippen molar-refractivity contribution in [2.75, 3.05) is 34.7 Å². The molecule has 0 radical (unpaired) electrons. The highest BCUT2D eigenvalue weighted by Crippen LogP contribution is 2.30. The van der Waals surface area contributed by atoms with Crippen molar-refractivity contribution in [2.45, 2.75) is 104 Å². The Hall–Kier alpha value is -4.61. The molecule has 0 saturated heterocycles. The third kappa shape index (κ3) is 11.7. The minimum absolute atomic E-state index is 0.248. The minimum atomic E-state index is -4.15. The molecule has 0 N–H and O–H groups in total. The van der Waals surface area contributed by atoms with Crippen LogP contribution in [0.5, 0.6) is 0 Å². The first-order chi connectivity index (χ1) is 26.0. The van der Waals surface area contributed by atoms with Crippen molar-refractivity contribution in [3.63, 3.8) is 0 Å². The Labute approximate surface area is 336 Å². The summed E-state index contributed by atoms with van der Waals surface area (Å²) in [6.45, 7) is 16.1. The highest BCUT2D eigenvalue weighted by Gasteiger charge is 2.31. The highest BCUT2D eigenvalue weighted by molar-refractivity contribution is 7.89. The van der Waals surface area contributed by atoms with Crippen LogP contribution in [0.15, 0.2) is 48.8 Å². The van der Waals surface area contributed by atoms with Crippen molar-refractivity contribution in [3.8, 4) is 0 Å². The molecule has 0 atom stereocenters. The van der Waals surface area contributed by atoms with Crippen molar-refractivity contribution < 1.29 is 45.4 Å². The fourth-order valence-electron chi connectivity index (χ4n) is 5.88. The van der Waals surface area contributed by atoms with Gasteiger partial charge in [-0.1, -0.05) is 12.1 Å². The lowest BCUT2D eigenvalue weighted by Crippen LogP contribution is -2.38. The minimum Gasteiger partial charge on any atom is -0.443 e. The largest absolute Gasteiger partial charge is 0.443 e. The van der Waals surface area contributed by atoms with Crippen molar-refractivity contribution in [3.05, 3.63) is 71.0 Å². The van der Waals surface area contributed by atoms with E-state index >= 15 is 0 Å². The smallest absolute Gasteiger partial charge is 0.423 e. The second-order valence-corrected chi connectivity index (χ2v) is 21.5. The van der Waals surface area contributed by atoms with Crippen LogP contribution in [0, 0.1) is 0 Å². The van der Waals surface area contributed by atoms with E-state index in [1.807, 2.05) is 41.9 Å². The van der Waals surface area contributed by atoms with Gasteiger partial charge in [-0.25, -0.2) is 39.8 Å². The van der Waals surface area contributed by atoms with Gasteiger partial charge in [0.05, 0.1) is 17.0 Å². The SMILES string of the molecule is CN(C)CCc1cn(Cc2cn(C(=O)OC(C)(C)C)c3ccc(CS(=O)(=O)N(C)C(=O)OC(C)(C)C)cc23)c2ccc(CS(=O)(=O)N(C)C(=O)OC(C)(C)C)cc12. The molecule has 17 heteroatoms. The summed E-state index contributed by atoms with van der Waals surface area (Å²) in [7, 11) is -2.00. The average molecular weight is 832 g/mol. The third-order valence-electron chi connectivity index (χ3n) is 8.57. The van der Waals surface area contributed by atoms with E-state index in [1.165, 1.54) is 11.6 Å². The first-order valence-electron chi connectivity index (χ1n) is 18.5. The number of aromatic nitrogens is 2. The topological polar surface area (TPSA) is 167 Å². The number of ether oxygens (including phenoxy) is 3. The maximum absolute atomic E-state index is 13.5. The molecule has 0 bridgehead atoms. The summed E-state index contributed by atoms with van der Waals surface area (Å²) in [6.07, 6.45) is 1.71. The van der Waals surface area contributed by atoms with Gasteiger partial charge in [-0.15, -0.1) is 0 Å². The molecule has 2 heterocycles. The average Bonchev–Trinajstić information content (AvgIpc) is 3.57. The molecular weight excluding hydrogens is 775 g/mol. The summed E-state index contributed by atoms with van der Waals surface area (Å²) in [5.41, 5.74) is 1.21. The molecule has 314 valence electrons. The zero-order chi connectivity index (χ0) is 43.1. The predicted octanol–water partition coefficient (Wildman–Crippen LogP) is 6.93. The van der Waals surface area contributed by atoms with Crippen LogP contribution < -0.4 is 0 Å². The number of sulfonamides is 2. The van der Waals surface area contributed by atoms with Gasteiger partial charge in [-0.3, -0.25) is 4.57 Å². The maximum atomic E-state index is 13.5. The van der Waals surface area contributed by atoms with Gasteiger partial charge < -0.3 is 23.7 Å². The second kappa shape index (κ2) is 16.3. The van der Waals surface area contributed by atoms with Crippen LogP contribution in [-0.4, -0.2) is 109 Å². The molecule has 2 aromatic carbocycles. The Morgan fingerprint density at radius 1 is 0.614 bits per heavy atom. The normalized spacial score (nSPS) is 12.9. The number of hydrogen-bond donors (Lipinski definition) is 0. The number of fused-ring (bicyclic) bond motifs is 2. The van der Waals surface area contributed by atoms with Crippen molar-refractivity contribution in [1.29, 1.82) is 0 Å². The van der Waals surface area contributed by atoms with Gasteiger partial charge in [-0.2, -0.15) is 0 Å². The van der Waals surface area contributed by atoms with E-state index in [0.717, 1.165) is 23.5 Å². The van der Waals surface area contributed by atoms with Gasteiger partial charge in [0.25, 0.3) is 0 Å². The Morgan fingerprint density at radius 2 is 1.05 bits per heavy atom. The first-order valence-corrected chi connectivity index (χ1v) is 21.7. The molecular formula is C40H57N5O10S2. The number of benzene rings is 2. The lowest BCUT2D eigenvalue weighted by Gasteiger charge is -2.24. The lowest BCUT2D eigenvalue weighted by molar-refractivity contribution is 0.0407. The molecule has 2 amide bonds. The number of carbonyl (C=O) groups is 3. The molecule has 4 aromatic rings. The first kappa shape index (κ1) is 45.1. The van der Waals surface area contributed by atoms with Crippen LogP contribution in [0.3, 0.4) is 0 Å². The summed E-state index contributed by atoms with van der Waals surface area (Å²) < 4.78 is 74.3. The Morgan fingerprint density at radius 3 is 1.49 bits per heavy atom. The molecule has 4 rings (SSSR count). The molecule has 0 aliphatic heterocycles. The summed E-state index contributed by atoms with van der Waals surface area (Å²) in [6, 6.07) is 10.3. The van der Waals surface area contributed by atoms with Gasteiger partial charge in [0.15, 0.2) is 0 Å². The quantitative estimate of drug-likeness (QED) is 0.144. The maximum Gasteiger partial charge on any atom is 0.423 e. The number of carbonyl (C=O) groups excluding carboxylic acids is 3. The number of hydrogen-bond acceptors (Lipinski definition) is 11. The summed E-state index contributed by atoms with van der Waals surface area (Å²) in [4.78, 5) is 40.8. The lowest BCUT2D eigenvalue weighted by atomic mass is 10.1. The van der Waals surface area contributed by atoms with Crippen LogP contribution >= 0.6 is 0 Å². The van der Waals surface area contributed by atoms with E-state index in [0.29, 0.717) is 49.2 Å². The van der Waals surface area contributed by atoms with Crippen LogP contribution in [0.1, 0.15) is 84.6 Å². The van der Waals surface area contributed by atoms with Gasteiger partial charge in [0.2, 0.25) is 20.0 Å². The molecule has 57 heavy (non-hydrogen) atoms. The van der Waals surface area contributed by atoms with Crippen LogP contribution in [0.2, 0.25) is 0 Å². The number of nitrogens with zero attached hydrogens (tertiary/aromatic N) is 5. The van der Waals surface area contributed by atoms with E-state index < -0.39 is 66.6 Å². The van der Waals surface area contributed by atoms with Crippen LogP contribution in [0.25, 0.3) is 21.8 Å². The van der Waals surface area contributed by atoms with E-state index in [9.17, 15) is 31.2 Å². The summed E-state index contributed by atoms with van der Waals surface area (Å²) in [5.74, 6) is -0.944. The van der Waals surface area contributed by atoms with E-state index in [-0.39, 0.29) is 6.54 Å². The number of likely N-dealkylation sites (N-methyl/N-ethyl adjacent to an activating group) is 1. The number of amides is 2. The van der Waals surface area contributed by atoms with Gasteiger partial charge in [-0.05, 0) is 129 Å². The highest BCUT2D eigenvalue weighted by atomic mass is 32.2. The van der Waals surface area contributed by atoms with Gasteiger partial charge in [0, 0.05) is 55.9 Å². The zero-order valence-corrected chi connectivity index (χ0v) is 36.9. The molecule has 15 nitrogen and oxygen atoms in total. The standard InChI is InChI=1S/C40H57N5O10S2/c1-38(2,3)53-35(46)42(12)56(49,50)25-27-14-16-33-31(20-27)29(18-19-41(10)11)22-44(33)23-30-24-45(37(48)55-40(7,8)9)34-17-15-28(21-32(30)34)26-57(51,52)43(13)36(47)54-39(4,5)6/h14-17,20-22,24H,18-19,23,25-26H2,1-13H3. The Bertz CT molecular complexity index is 2380. The summed E-state index contributed by atoms with van der Waals surface area (Å²) in [5, 5.41) is 1.41. The van der Waals surface area contributed by atoms with E-state index in [4.69, 9.17) is 14.2 Å². The monoisotopic (exact) mass is 831 g/mol. The van der Waals surface area contributed by atoms with Gasteiger partial charge in [0.1, 0.15) is 16.8 Å². The van der Waals surface area contributed by atoms with Gasteiger partial charge >= 0.3 is 18.3 Å². The van der Waals surface area contributed by atoms with Crippen molar-refractivity contribution in [1.82, 2.24) is 22.6 Å². The third-order valence-corrected chi connectivity index (χ3v) is 11.9. The number of rotatable bonds is 11. The van der Waals surface area contributed by atoms with E-state index in [1.54, 1.807) is 92.8 Å². The fourth-order valence-corrected chi connectivity index (χ4v) is 8.00. The van der Waals surface area contributed by atoms with Crippen LogP contribution in [0.4, 0.5) is 14.4 Å². The molecule has 2 aromatic heterocycles. The predicted molar refractivity (Wildman–Crippen MR) is 220 cm³/mol. The molecule has 0 unspecified atom stereocenters. The molecule has 0 saturated carbocycles. The van der Waals surface area contributed by atoms with Crippen molar-refractivity contribution >= 4 is 60.1 Å². The molecule has 0 aliphatic carbocycles. The molecule has 0 spiro atoms. The molecule has 0 fully saturated rings. The fraction of sp³-hybridized carbons (Fsp3) is 0.525. The van der Waals surface area contributed by atoms with Crippen LogP contribution in [-0.2, 0) is 58.7 Å². The Kier molecular flexibility index (Phi) is 12.9. The summed E-state index contributed by atoms with van der Waals surface area (Å²) >= 11 is 0. The van der Waals surface area contributed by atoms with Crippen molar-refractivity contribution in [2.24, 2.45) is 0 Å². The second-order valence-electron chi connectivity index (χ2n) is 17.5.